The van der Waals surface area contributed by atoms with E-state index in [0.29, 0.717) is 0 Å². The second kappa shape index (κ2) is 15.9. The quantitative estimate of drug-likeness (QED) is 0.555. The van der Waals surface area contributed by atoms with Crippen molar-refractivity contribution in [2.75, 3.05) is 0 Å². The molecule has 0 fully saturated rings. The molecule has 0 heterocycles. The maximum atomic E-state index is 7.32. The van der Waals surface area contributed by atoms with Gasteiger partial charge in [-0.2, -0.15) is 5.26 Å². The number of hydrogen-bond acceptors (Lipinski definition) is 1. The Hall–Kier alpha value is -1.29. The number of rotatable bonds is 0. The van der Waals surface area contributed by atoms with E-state index in [4.69, 9.17) is 5.26 Å². The molecule has 0 saturated heterocycles. The van der Waals surface area contributed by atoms with E-state index >= 15 is 0 Å². The Morgan fingerprint density at radius 2 is 0.909 bits per heavy atom. The molecule has 0 unspecified atom stereocenters. The van der Waals surface area contributed by atoms with Crippen LogP contribution in [-0.4, -0.2) is 0 Å². The van der Waals surface area contributed by atoms with Gasteiger partial charge in [-0.25, -0.2) is 0 Å². The Balaban J connectivity index is 0. The summed E-state index contributed by atoms with van der Waals surface area (Å²) in [4.78, 5) is 0. The molecule has 0 radical (unpaired) electrons. The second-order valence-electron chi connectivity index (χ2n) is 1.38. The fraction of sp³-hybridized carbons (Fsp3) is 0.300. The molecule has 0 aliphatic carbocycles. The summed E-state index contributed by atoms with van der Waals surface area (Å²) in [5.41, 5.74) is 0. The average Bonchev–Trinajstić information content (AvgIpc) is 2.12. The highest BCUT2D eigenvalue weighted by Crippen LogP contribution is 1.79. The molecule has 0 spiro atoms. The van der Waals surface area contributed by atoms with Crippen molar-refractivity contribution in [3.8, 4) is 6.07 Å². The monoisotopic (exact) mass is 149 g/mol. The van der Waals surface area contributed by atoms with E-state index in [1.165, 1.54) is 6.92 Å². The fourth-order valence-electron chi connectivity index (χ4n) is 0.385. The lowest BCUT2D eigenvalue weighted by Crippen LogP contribution is -1.47. The van der Waals surface area contributed by atoms with Crippen LogP contribution in [0.2, 0.25) is 0 Å². The minimum absolute atomic E-state index is 1.43. The smallest absolute Gasteiger partial charge is 0.0587 e. The first-order valence-corrected chi connectivity index (χ1v) is 3.72. The number of nitrogens with zero attached hydrogens (tertiary/aromatic N) is 1. The van der Waals surface area contributed by atoms with Crippen LogP contribution in [0, 0.1) is 11.3 Å². The van der Waals surface area contributed by atoms with Crippen molar-refractivity contribution in [2.24, 2.45) is 0 Å². The van der Waals surface area contributed by atoms with E-state index in [1.54, 1.807) is 6.07 Å². The molecule has 1 rings (SSSR count). The molecule has 1 aromatic rings. The summed E-state index contributed by atoms with van der Waals surface area (Å²) < 4.78 is 0. The SMILES string of the molecule is CC.CC#N.c1ccccc1. The van der Waals surface area contributed by atoms with Gasteiger partial charge >= 0.3 is 0 Å². The highest BCUT2D eigenvalue weighted by molar-refractivity contribution is 4.99. The second-order valence-corrected chi connectivity index (χ2v) is 1.38. The third-order valence-corrected chi connectivity index (χ3v) is 0.667. The molecule has 60 valence electrons. The summed E-state index contributed by atoms with van der Waals surface area (Å²) in [6.07, 6.45) is 0. The van der Waals surface area contributed by atoms with Crippen molar-refractivity contribution in [3.63, 3.8) is 0 Å². The molecule has 0 aliphatic rings. The van der Waals surface area contributed by atoms with Crippen molar-refractivity contribution in [3.05, 3.63) is 36.4 Å². The maximum Gasteiger partial charge on any atom is 0.0587 e. The molecule has 1 nitrogen and oxygen atoms in total. The van der Waals surface area contributed by atoms with Gasteiger partial charge in [0.15, 0.2) is 0 Å². The average molecular weight is 149 g/mol. The van der Waals surface area contributed by atoms with E-state index in [2.05, 4.69) is 0 Å². The van der Waals surface area contributed by atoms with Gasteiger partial charge in [0.25, 0.3) is 0 Å². The fourth-order valence-corrected chi connectivity index (χ4v) is 0.385. The van der Waals surface area contributed by atoms with Gasteiger partial charge in [0.05, 0.1) is 6.07 Å². The third kappa shape index (κ3) is 17.7. The zero-order valence-corrected chi connectivity index (χ0v) is 7.41. The van der Waals surface area contributed by atoms with E-state index in [0.717, 1.165) is 0 Å². The van der Waals surface area contributed by atoms with E-state index in [-0.39, 0.29) is 0 Å². The van der Waals surface area contributed by atoms with Gasteiger partial charge in [-0.15, -0.1) is 0 Å². The van der Waals surface area contributed by atoms with Gasteiger partial charge in [-0.3, -0.25) is 0 Å². The number of hydrogen-bond donors (Lipinski definition) is 0. The van der Waals surface area contributed by atoms with Crippen LogP contribution >= 0.6 is 0 Å². The molecule has 0 atom stereocenters. The Labute approximate surface area is 69.3 Å². The van der Waals surface area contributed by atoms with Crippen molar-refractivity contribution >= 4 is 0 Å². The van der Waals surface area contributed by atoms with Gasteiger partial charge in [-0.1, -0.05) is 50.2 Å². The van der Waals surface area contributed by atoms with Gasteiger partial charge in [0.1, 0.15) is 0 Å². The van der Waals surface area contributed by atoms with E-state index in [9.17, 15) is 0 Å². The lowest BCUT2D eigenvalue weighted by molar-refractivity contribution is 1.49. The van der Waals surface area contributed by atoms with Crippen LogP contribution in [0.4, 0.5) is 0 Å². The summed E-state index contributed by atoms with van der Waals surface area (Å²) in [6.45, 7) is 5.43. The Morgan fingerprint density at radius 1 is 0.818 bits per heavy atom. The van der Waals surface area contributed by atoms with Gasteiger partial charge in [0.2, 0.25) is 0 Å². The Morgan fingerprint density at radius 3 is 1.00 bits per heavy atom. The normalized spacial score (nSPS) is 5.64. The molecule has 0 bridgehead atoms. The van der Waals surface area contributed by atoms with Crippen molar-refractivity contribution < 1.29 is 0 Å². The summed E-state index contributed by atoms with van der Waals surface area (Å²) in [7, 11) is 0. The lowest BCUT2D eigenvalue weighted by Gasteiger charge is -1.69. The van der Waals surface area contributed by atoms with Crippen molar-refractivity contribution in [1.29, 1.82) is 5.26 Å². The first-order chi connectivity index (χ1) is 5.41. The van der Waals surface area contributed by atoms with Crippen LogP contribution < -0.4 is 0 Å². The number of benzene rings is 1. The predicted molar refractivity (Wildman–Crippen MR) is 49.1 cm³/mol. The van der Waals surface area contributed by atoms with Crippen LogP contribution in [-0.2, 0) is 0 Å². The largest absolute Gasteiger partial charge is 0.199 e. The van der Waals surface area contributed by atoms with Crippen molar-refractivity contribution in [1.82, 2.24) is 0 Å². The van der Waals surface area contributed by atoms with Crippen LogP contribution in [0.1, 0.15) is 20.8 Å². The molecule has 11 heavy (non-hydrogen) atoms. The molecular formula is C10H15N. The molecule has 0 amide bonds. The standard InChI is InChI=1S/C6H6.C2H3N.C2H6/c1-2-4-6-5-3-1;1-2-3;1-2/h1-6H;1H3;1-2H3. The summed E-state index contributed by atoms with van der Waals surface area (Å²) >= 11 is 0. The zero-order chi connectivity index (χ0) is 8.95. The topological polar surface area (TPSA) is 23.8 Å². The highest BCUT2D eigenvalue weighted by atomic mass is 14.2. The molecular weight excluding hydrogens is 134 g/mol. The highest BCUT2D eigenvalue weighted by Gasteiger charge is 1.57. The van der Waals surface area contributed by atoms with Crippen molar-refractivity contribution in [2.45, 2.75) is 20.8 Å². The summed E-state index contributed by atoms with van der Waals surface area (Å²) in [5.74, 6) is 0. The van der Waals surface area contributed by atoms with Crippen LogP contribution in [0.3, 0.4) is 0 Å². The van der Waals surface area contributed by atoms with E-state index in [1.807, 2.05) is 50.2 Å². The van der Waals surface area contributed by atoms with Crippen LogP contribution in [0.15, 0.2) is 36.4 Å². The Kier molecular flexibility index (Phi) is 17.9. The van der Waals surface area contributed by atoms with Crippen LogP contribution in [0.25, 0.3) is 0 Å². The first kappa shape index (κ1) is 12.4. The first-order valence-electron chi connectivity index (χ1n) is 3.72. The zero-order valence-electron chi connectivity index (χ0n) is 7.41. The van der Waals surface area contributed by atoms with E-state index < -0.39 is 0 Å². The molecule has 0 aliphatic heterocycles. The van der Waals surface area contributed by atoms with Gasteiger partial charge in [-0.05, 0) is 0 Å². The van der Waals surface area contributed by atoms with Gasteiger partial charge < -0.3 is 0 Å². The molecule has 1 heteroatoms. The summed E-state index contributed by atoms with van der Waals surface area (Å²) in [5, 5.41) is 7.32. The molecule has 0 saturated carbocycles. The predicted octanol–water partition coefficient (Wildman–Crippen LogP) is 3.24. The molecule has 0 N–H and O–H groups in total. The van der Waals surface area contributed by atoms with Crippen LogP contribution in [0.5, 0.6) is 0 Å². The molecule has 1 aromatic carbocycles. The summed E-state index contributed by atoms with van der Waals surface area (Å²) in [6, 6.07) is 13.8. The van der Waals surface area contributed by atoms with Gasteiger partial charge in [0, 0.05) is 6.92 Å². The molecule has 0 aromatic heterocycles. The third-order valence-electron chi connectivity index (χ3n) is 0.667. The Bertz CT molecular complexity index is 135. The minimum Gasteiger partial charge on any atom is -0.199 e. The number of nitriles is 1. The lowest BCUT2D eigenvalue weighted by atomic mass is 10.4. The maximum absolute atomic E-state index is 7.32. The minimum atomic E-state index is 1.43.